The molecule has 0 saturated heterocycles. The van der Waals surface area contributed by atoms with Crippen molar-refractivity contribution >= 4 is 50.5 Å². The molecule has 10 heteroatoms. The van der Waals surface area contributed by atoms with E-state index < -0.39 is 5.63 Å². The Labute approximate surface area is 253 Å². The van der Waals surface area contributed by atoms with E-state index in [1.807, 2.05) is 81.4 Å². The van der Waals surface area contributed by atoms with E-state index in [1.165, 1.54) is 0 Å². The zero-order valence-electron chi connectivity index (χ0n) is 24.5. The summed E-state index contributed by atoms with van der Waals surface area (Å²) >= 11 is 3.54. The van der Waals surface area contributed by atoms with Crippen LogP contribution in [0.4, 0.5) is 16.5 Å². The highest BCUT2D eigenvalue weighted by Crippen LogP contribution is 2.29. The second-order valence-corrected chi connectivity index (χ2v) is 12.1. The Hall–Kier alpha value is -4.18. The summed E-state index contributed by atoms with van der Waals surface area (Å²) in [5.74, 6) is 0.0320. The number of hydrogen-bond acceptors (Lipinski definition) is 6. The van der Waals surface area contributed by atoms with Crippen LogP contribution in [0.5, 0.6) is 0 Å². The lowest BCUT2D eigenvalue weighted by Crippen LogP contribution is -2.46. The van der Waals surface area contributed by atoms with E-state index in [4.69, 9.17) is 4.42 Å². The molecule has 0 aliphatic heterocycles. The predicted octanol–water partition coefficient (Wildman–Crippen LogP) is 6.19. The smallest absolute Gasteiger partial charge is 0.348 e. The van der Waals surface area contributed by atoms with E-state index >= 15 is 0 Å². The first-order valence-electron chi connectivity index (χ1n) is 13.7. The first-order chi connectivity index (χ1) is 19.9. The van der Waals surface area contributed by atoms with Gasteiger partial charge in [-0.2, -0.15) is 4.98 Å². The highest BCUT2D eigenvalue weighted by molar-refractivity contribution is 9.10. The van der Waals surface area contributed by atoms with E-state index in [2.05, 4.69) is 36.9 Å². The number of aryl methyl sites for hydroxylation is 2. The molecule has 0 radical (unpaired) electrons. The third-order valence-electron chi connectivity index (χ3n) is 6.71. The number of anilines is 2. The van der Waals surface area contributed by atoms with Gasteiger partial charge in [0.1, 0.15) is 0 Å². The molecular weight excluding hydrogens is 598 g/mol. The number of fused-ring (bicyclic) bond motifs is 1. The van der Waals surface area contributed by atoms with Gasteiger partial charge in [0.2, 0.25) is 5.91 Å². The van der Waals surface area contributed by atoms with Gasteiger partial charge < -0.3 is 25.3 Å². The number of rotatable bonds is 9. The minimum Gasteiger partial charge on any atom is -0.388 e. The number of carbonyl (C=O) groups excluding carboxylic acids is 2. The van der Waals surface area contributed by atoms with E-state index in [0.29, 0.717) is 46.0 Å². The van der Waals surface area contributed by atoms with Crippen LogP contribution in [0, 0.1) is 6.92 Å². The highest BCUT2D eigenvalue weighted by atomic mass is 79.9. The molecule has 0 bridgehead atoms. The molecule has 3 aromatic carbocycles. The molecule has 0 aliphatic carbocycles. The number of nitrogens with zero attached hydrogens (tertiary/aromatic N) is 2. The fourth-order valence-corrected chi connectivity index (χ4v) is 5.12. The Morgan fingerprint density at radius 2 is 1.71 bits per heavy atom. The van der Waals surface area contributed by atoms with Crippen LogP contribution in [0.15, 0.2) is 74.3 Å². The first-order valence-corrected chi connectivity index (χ1v) is 14.5. The lowest BCUT2D eigenvalue weighted by atomic mass is 10.0. The van der Waals surface area contributed by atoms with Gasteiger partial charge in [-0.05, 0) is 84.4 Å². The molecule has 3 N–H and O–H groups in total. The second kappa shape index (κ2) is 13.2. The Morgan fingerprint density at radius 1 is 1.02 bits per heavy atom. The average Bonchev–Trinajstić information content (AvgIpc) is 2.93. The lowest BCUT2D eigenvalue weighted by molar-refractivity contribution is -0.130. The van der Waals surface area contributed by atoms with E-state index in [-0.39, 0.29) is 30.0 Å². The molecule has 220 valence electrons. The van der Waals surface area contributed by atoms with Crippen molar-refractivity contribution in [2.24, 2.45) is 0 Å². The minimum absolute atomic E-state index is 0.0320. The van der Waals surface area contributed by atoms with E-state index in [9.17, 15) is 14.4 Å². The molecule has 1 aromatic heterocycles. The quantitative estimate of drug-likeness (QED) is 0.202. The summed E-state index contributed by atoms with van der Waals surface area (Å²) in [5.41, 5.74) is 3.64. The van der Waals surface area contributed by atoms with Crippen LogP contribution < -0.4 is 21.6 Å². The molecular formula is C32H36BrN5O4. The monoisotopic (exact) mass is 633 g/mol. The van der Waals surface area contributed by atoms with Crippen LogP contribution in [0.3, 0.4) is 0 Å². The molecule has 1 heterocycles. The van der Waals surface area contributed by atoms with Crippen molar-refractivity contribution in [2.75, 3.05) is 12.4 Å². The van der Waals surface area contributed by atoms with Crippen LogP contribution in [-0.4, -0.2) is 34.4 Å². The highest BCUT2D eigenvalue weighted by Gasteiger charge is 2.18. The Balaban J connectivity index is 1.49. The van der Waals surface area contributed by atoms with Gasteiger partial charge in [-0.25, -0.2) is 9.59 Å². The standard InChI is InChI=1S/C32H36BrN5O4/c1-20-23(18-34-30(41)37-32(2,3)4)17-24(33)28-27(20)29(40)42-31(36-28)35-25-14-10-9-13-22(25)15-16-26(39)38(5)19-21-11-7-6-8-12-21/h6-14,17H,15-16,18-19H2,1-5H3,(H,35,36)(H2,34,37,41). The Kier molecular flexibility index (Phi) is 9.67. The topological polar surface area (TPSA) is 117 Å². The summed E-state index contributed by atoms with van der Waals surface area (Å²) in [7, 11) is 1.80. The molecule has 4 aromatic rings. The van der Waals surface area contributed by atoms with Crippen molar-refractivity contribution in [3.8, 4) is 0 Å². The van der Waals surface area contributed by atoms with Crippen LogP contribution in [-0.2, 0) is 24.3 Å². The van der Waals surface area contributed by atoms with Crippen LogP contribution in [0.2, 0.25) is 0 Å². The molecule has 0 unspecified atom stereocenters. The fraction of sp³-hybridized carbons (Fsp3) is 0.312. The van der Waals surface area contributed by atoms with Gasteiger partial charge in [0.15, 0.2) is 0 Å². The average molecular weight is 635 g/mol. The van der Waals surface area contributed by atoms with Crippen molar-refractivity contribution in [1.29, 1.82) is 0 Å². The molecule has 0 aliphatic rings. The van der Waals surface area contributed by atoms with E-state index in [0.717, 1.165) is 16.7 Å². The summed E-state index contributed by atoms with van der Waals surface area (Å²) in [6.45, 7) is 8.28. The number of aromatic nitrogens is 1. The number of hydrogen-bond donors (Lipinski definition) is 3. The number of nitrogens with one attached hydrogen (secondary N) is 3. The van der Waals surface area contributed by atoms with Gasteiger partial charge in [-0.15, -0.1) is 0 Å². The molecule has 0 spiro atoms. The zero-order chi connectivity index (χ0) is 30.4. The van der Waals surface area contributed by atoms with Crippen LogP contribution in [0.25, 0.3) is 10.9 Å². The fourth-order valence-electron chi connectivity index (χ4n) is 4.56. The molecule has 3 amide bonds. The molecule has 4 rings (SSSR count). The first kappa shape index (κ1) is 30.8. The minimum atomic E-state index is -0.545. The van der Waals surface area contributed by atoms with Gasteiger partial charge in [0.05, 0.1) is 10.9 Å². The number of urea groups is 1. The number of halogens is 1. The summed E-state index contributed by atoms with van der Waals surface area (Å²) in [5, 5.41) is 9.16. The molecule has 0 saturated carbocycles. The van der Waals surface area contributed by atoms with Crippen molar-refractivity contribution in [2.45, 2.75) is 59.2 Å². The lowest BCUT2D eigenvalue weighted by Gasteiger charge is -2.21. The summed E-state index contributed by atoms with van der Waals surface area (Å²) < 4.78 is 6.19. The van der Waals surface area contributed by atoms with Gasteiger partial charge >= 0.3 is 17.7 Å². The summed E-state index contributed by atoms with van der Waals surface area (Å²) in [6.07, 6.45) is 0.827. The second-order valence-electron chi connectivity index (χ2n) is 11.2. The van der Waals surface area contributed by atoms with Gasteiger partial charge in [0.25, 0.3) is 0 Å². The number of para-hydroxylation sites is 1. The third kappa shape index (κ3) is 7.97. The predicted molar refractivity (Wildman–Crippen MR) is 169 cm³/mol. The number of carbonyl (C=O) groups is 2. The third-order valence-corrected chi connectivity index (χ3v) is 7.32. The Morgan fingerprint density at radius 3 is 2.43 bits per heavy atom. The molecule has 0 atom stereocenters. The molecule has 0 fully saturated rings. The zero-order valence-corrected chi connectivity index (χ0v) is 26.1. The summed E-state index contributed by atoms with van der Waals surface area (Å²) in [6, 6.07) is 19.0. The van der Waals surface area contributed by atoms with Crippen LogP contribution >= 0.6 is 15.9 Å². The van der Waals surface area contributed by atoms with Gasteiger partial charge in [0, 0.05) is 42.3 Å². The van der Waals surface area contributed by atoms with Crippen molar-refractivity contribution in [3.63, 3.8) is 0 Å². The van der Waals surface area contributed by atoms with Crippen molar-refractivity contribution < 1.29 is 14.0 Å². The van der Waals surface area contributed by atoms with E-state index in [1.54, 1.807) is 18.9 Å². The normalized spacial score (nSPS) is 11.3. The van der Waals surface area contributed by atoms with Crippen molar-refractivity contribution in [1.82, 2.24) is 20.5 Å². The van der Waals surface area contributed by atoms with Gasteiger partial charge in [-0.1, -0.05) is 48.5 Å². The number of benzene rings is 3. The molecule has 42 heavy (non-hydrogen) atoms. The molecule has 9 nitrogen and oxygen atoms in total. The maximum atomic E-state index is 13.1. The van der Waals surface area contributed by atoms with Crippen LogP contribution in [0.1, 0.15) is 49.4 Å². The van der Waals surface area contributed by atoms with Gasteiger partial charge in [-0.3, -0.25) is 4.79 Å². The SMILES string of the molecule is Cc1c(CNC(=O)NC(C)(C)C)cc(Br)c2nc(Nc3ccccc3CCC(=O)N(C)Cc3ccccc3)oc(=O)c12. The number of amides is 3. The largest absolute Gasteiger partial charge is 0.388 e. The summed E-state index contributed by atoms with van der Waals surface area (Å²) in [4.78, 5) is 44.5. The maximum absolute atomic E-state index is 13.1. The van der Waals surface area contributed by atoms with Crippen molar-refractivity contribution in [3.05, 3.63) is 97.8 Å². The maximum Gasteiger partial charge on any atom is 0.348 e. The Bertz CT molecular complexity index is 1650.